The van der Waals surface area contributed by atoms with Gasteiger partial charge < -0.3 is 4.74 Å². The lowest BCUT2D eigenvalue weighted by molar-refractivity contribution is -0.158. The quantitative estimate of drug-likeness (QED) is 0.553. The molecule has 2 nitrogen and oxygen atoms in total. The van der Waals surface area contributed by atoms with Crippen LogP contribution in [-0.2, 0) is 9.53 Å². The van der Waals surface area contributed by atoms with Gasteiger partial charge in [-0.1, -0.05) is 12.2 Å². The summed E-state index contributed by atoms with van der Waals surface area (Å²) >= 11 is 0. The number of rotatable bonds is 4. The lowest BCUT2D eigenvalue weighted by Crippen LogP contribution is -2.47. The number of ether oxygens (including phenoxy) is 1. The second-order valence-electron chi connectivity index (χ2n) is 9.76. The largest absolute Gasteiger partial charge is 0.462 e. The summed E-state index contributed by atoms with van der Waals surface area (Å²) in [6.45, 7) is 2.15. The standard InChI is InChI=1S/C21H30O2/c1-13(23-20(22)19-8-14-2-3-18(19)7-14)9-21-10-15-4-16(11-21)6-17(5-15)12-21/h2-3,13-19H,4-12H2,1H3. The van der Waals surface area contributed by atoms with Gasteiger partial charge in [-0.15, -0.1) is 0 Å². The van der Waals surface area contributed by atoms with Crippen LogP contribution in [0.25, 0.3) is 0 Å². The van der Waals surface area contributed by atoms with E-state index in [0.29, 0.717) is 17.3 Å². The summed E-state index contributed by atoms with van der Waals surface area (Å²) in [7, 11) is 0. The highest BCUT2D eigenvalue weighted by Gasteiger charge is 2.51. The molecule has 0 aliphatic heterocycles. The van der Waals surface area contributed by atoms with Crippen LogP contribution in [0.4, 0.5) is 0 Å². The van der Waals surface area contributed by atoms with Crippen LogP contribution in [0.2, 0.25) is 0 Å². The van der Waals surface area contributed by atoms with Crippen LogP contribution in [0.15, 0.2) is 12.2 Å². The lowest BCUT2D eigenvalue weighted by atomic mass is 9.48. The van der Waals surface area contributed by atoms with Crippen molar-refractivity contribution in [2.75, 3.05) is 0 Å². The molecule has 0 aromatic rings. The minimum absolute atomic E-state index is 0.0964. The third kappa shape index (κ3) is 2.48. The zero-order chi connectivity index (χ0) is 15.6. The minimum Gasteiger partial charge on any atom is -0.462 e. The van der Waals surface area contributed by atoms with E-state index in [-0.39, 0.29) is 18.0 Å². The van der Waals surface area contributed by atoms with E-state index in [1.165, 1.54) is 44.9 Å². The molecule has 0 amide bonds. The average Bonchev–Trinajstić information content (AvgIpc) is 3.07. The van der Waals surface area contributed by atoms with E-state index < -0.39 is 0 Å². The fourth-order valence-corrected chi connectivity index (χ4v) is 7.53. The Morgan fingerprint density at radius 3 is 2.22 bits per heavy atom. The maximum Gasteiger partial charge on any atom is 0.309 e. The average molecular weight is 314 g/mol. The van der Waals surface area contributed by atoms with Crippen molar-refractivity contribution in [3.05, 3.63) is 12.2 Å². The highest BCUT2D eigenvalue weighted by Crippen LogP contribution is 2.61. The van der Waals surface area contributed by atoms with Gasteiger partial charge in [-0.05, 0) is 99.7 Å². The van der Waals surface area contributed by atoms with Crippen LogP contribution >= 0.6 is 0 Å². The summed E-state index contributed by atoms with van der Waals surface area (Å²) < 4.78 is 5.95. The first-order chi connectivity index (χ1) is 11.1. The highest BCUT2D eigenvalue weighted by atomic mass is 16.5. The number of hydrogen-bond donors (Lipinski definition) is 0. The molecule has 23 heavy (non-hydrogen) atoms. The predicted octanol–water partition coefficient (Wildman–Crippen LogP) is 4.74. The maximum atomic E-state index is 12.6. The molecule has 0 saturated heterocycles. The topological polar surface area (TPSA) is 26.3 Å². The Labute approximate surface area is 140 Å². The van der Waals surface area contributed by atoms with Gasteiger partial charge in [0.25, 0.3) is 0 Å². The van der Waals surface area contributed by atoms with E-state index in [0.717, 1.165) is 30.6 Å². The molecular weight excluding hydrogens is 284 g/mol. The van der Waals surface area contributed by atoms with E-state index in [1.54, 1.807) is 0 Å². The molecular formula is C21H30O2. The van der Waals surface area contributed by atoms with Gasteiger partial charge in [0.2, 0.25) is 0 Å². The van der Waals surface area contributed by atoms with Crippen LogP contribution in [0.5, 0.6) is 0 Å². The molecule has 5 saturated carbocycles. The first-order valence-corrected chi connectivity index (χ1v) is 9.97. The number of carbonyl (C=O) groups excluding carboxylic acids is 1. The summed E-state index contributed by atoms with van der Waals surface area (Å²) in [5.41, 5.74) is 0.517. The molecule has 0 spiro atoms. The first kappa shape index (κ1) is 14.5. The second kappa shape index (κ2) is 5.10. The van der Waals surface area contributed by atoms with Gasteiger partial charge in [0.15, 0.2) is 0 Å². The van der Waals surface area contributed by atoms with Crippen molar-refractivity contribution in [3.63, 3.8) is 0 Å². The zero-order valence-electron chi connectivity index (χ0n) is 14.4. The molecule has 6 aliphatic rings. The van der Waals surface area contributed by atoms with Crippen LogP contribution in [0.1, 0.15) is 64.7 Å². The first-order valence-electron chi connectivity index (χ1n) is 9.97. The van der Waals surface area contributed by atoms with Gasteiger partial charge in [-0.25, -0.2) is 0 Å². The van der Waals surface area contributed by atoms with E-state index in [9.17, 15) is 4.79 Å². The van der Waals surface area contributed by atoms with Gasteiger partial charge in [0.05, 0.1) is 12.0 Å². The van der Waals surface area contributed by atoms with Gasteiger partial charge in [0, 0.05) is 0 Å². The minimum atomic E-state index is 0.0964. The Morgan fingerprint density at radius 2 is 1.70 bits per heavy atom. The van der Waals surface area contributed by atoms with E-state index in [1.807, 2.05) is 0 Å². The van der Waals surface area contributed by atoms with Gasteiger partial charge in [-0.2, -0.15) is 0 Å². The molecule has 5 fully saturated rings. The molecule has 0 heterocycles. The fraction of sp³-hybridized carbons (Fsp3) is 0.857. The zero-order valence-corrected chi connectivity index (χ0v) is 14.4. The van der Waals surface area contributed by atoms with Crippen LogP contribution in [0.3, 0.4) is 0 Å². The number of allylic oxidation sites excluding steroid dienone is 2. The normalized spacial score (nSPS) is 50.5. The van der Waals surface area contributed by atoms with E-state index in [4.69, 9.17) is 4.74 Å². The number of fused-ring (bicyclic) bond motifs is 2. The molecule has 6 aliphatic carbocycles. The van der Waals surface area contributed by atoms with Crippen LogP contribution in [0, 0.1) is 40.9 Å². The molecule has 0 N–H and O–H groups in total. The summed E-state index contributed by atoms with van der Waals surface area (Å²) in [5, 5.41) is 0. The summed E-state index contributed by atoms with van der Waals surface area (Å²) in [4.78, 5) is 12.6. The summed E-state index contributed by atoms with van der Waals surface area (Å²) in [6.07, 6.45) is 16.7. The van der Waals surface area contributed by atoms with Crippen molar-refractivity contribution in [1.82, 2.24) is 0 Å². The van der Waals surface area contributed by atoms with Gasteiger partial charge in [-0.3, -0.25) is 4.79 Å². The molecule has 4 unspecified atom stereocenters. The summed E-state index contributed by atoms with van der Waals surface area (Å²) in [5.74, 6) is 4.33. The maximum absolute atomic E-state index is 12.6. The number of carbonyl (C=O) groups is 1. The molecule has 6 bridgehead atoms. The number of esters is 1. The van der Waals surface area contributed by atoms with E-state index in [2.05, 4.69) is 19.1 Å². The van der Waals surface area contributed by atoms with Crippen molar-refractivity contribution < 1.29 is 9.53 Å². The third-order valence-electron chi connectivity index (χ3n) is 7.78. The Hall–Kier alpha value is -0.790. The molecule has 2 heteroatoms. The number of hydrogen-bond acceptors (Lipinski definition) is 2. The third-order valence-corrected chi connectivity index (χ3v) is 7.78. The Bertz CT molecular complexity index is 499. The molecule has 0 aromatic heterocycles. The van der Waals surface area contributed by atoms with Gasteiger partial charge >= 0.3 is 5.97 Å². The van der Waals surface area contributed by atoms with Crippen molar-refractivity contribution in [3.8, 4) is 0 Å². The van der Waals surface area contributed by atoms with Gasteiger partial charge in [0.1, 0.15) is 0 Å². The predicted molar refractivity (Wildman–Crippen MR) is 89.6 cm³/mol. The molecule has 6 rings (SSSR count). The fourth-order valence-electron chi connectivity index (χ4n) is 7.53. The summed E-state index contributed by atoms with van der Waals surface area (Å²) in [6, 6.07) is 0. The second-order valence-corrected chi connectivity index (χ2v) is 9.76. The molecule has 126 valence electrons. The lowest BCUT2D eigenvalue weighted by Gasteiger charge is -2.57. The van der Waals surface area contributed by atoms with Crippen LogP contribution in [-0.4, -0.2) is 12.1 Å². The highest BCUT2D eigenvalue weighted by molar-refractivity contribution is 5.74. The van der Waals surface area contributed by atoms with E-state index >= 15 is 0 Å². The Kier molecular flexibility index (Phi) is 3.23. The molecule has 0 aromatic carbocycles. The van der Waals surface area contributed by atoms with Crippen molar-refractivity contribution in [1.29, 1.82) is 0 Å². The molecule has 0 radical (unpaired) electrons. The SMILES string of the molecule is CC(CC12CC3CC(CC(C3)C1)C2)OC(=O)C1CC2C=CC1C2. The van der Waals surface area contributed by atoms with Crippen molar-refractivity contribution in [2.24, 2.45) is 40.9 Å². The van der Waals surface area contributed by atoms with Crippen molar-refractivity contribution in [2.45, 2.75) is 70.8 Å². The Morgan fingerprint density at radius 1 is 1.04 bits per heavy atom. The monoisotopic (exact) mass is 314 g/mol. The van der Waals surface area contributed by atoms with Crippen LogP contribution < -0.4 is 0 Å². The Balaban J connectivity index is 1.21. The molecule has 4 atom stereocenters. The van der Waals surface area contributed by atoms with Crippen molar-refractivity contribution >= 4 is 5.97 Å². The smallest absolute Gasteiger partial charge is 0.309 e.